The maximum absolute atomic E-state index is 12.7. The monoisotopic (exact) mass is 397 g/mol. The molecule has 0 saturated carbocycles. The van der Waals surface area contributed by atoms with E-state index in [1.54, 1.807) is 10.6 Å². The number of nitrogens with zero attached hydrogens (tertiary/aromatic N) is 3. The van der Waals surface area contributed by atoms with Crippen molar-refractivity contribution >= 4 is 44.2 Å². The van der Waals surface area contributed by atoms with E-state index in [9.17, 15) is 9.90 Å². The minimum absolute atomic E-state index is 0.0154. The molecule has 0 fully saturated rings. The molecule has 2 aromatic heterocycles. The molecule has 0 aliphatic rings. The van der Waals surface area contributed by atoms with Gasteiger partial charge in [0.2, 0.25) is 5.88 Å². The van der Waals surface area contributed by atoms with Gasteiger partial charge in [0.15, 0.2) is 11.4 Å². The summed E-state index contributed by atoms with van der Waals surface area (Å²) in [5.74, 6) is -0.508. The van der Waals surface area contributed by atoms with E-state index >= 15 is 0 Å². The Morgan fingerprint density at radius 1 is 0.967 bits per heavy atom. The predicted octanol–water partition coefficient (Wildman–Crippen LogP) is 6.75. The smallest absolute Gasteiger partial charge is 0.331 e. The fourth-order valence-electron chi connectivity index (χ4n) is 3.90. The highest BCUT2D eigenvalue weighted by atomic mass is 16.3. The molecule has 5 rings (SSSR count). The lowest BCUT2D eigenvalue weighted by molar-refractivity contribution is 0.0970. The highest BCUT2D eigenvalue weighted by Crippen LogP contribution is 2.41. The van der Waals surface area contributed by atoms with Crippen LogP contribution in [0.1, 0.15) is 30.4 Å². The number of hydrogen-bond acceptors (Lipinski definition) is 4. The molecule has 0 radical (unpaired) electrons. The number of carbonyl (C=O) groups excluding carboxylic acids is 1. The summed E-state index contributed by atoms with van der Waals surface area (Å²) in [6, 6.07) is 20.9. The molecule has 0 bridgehead atoms. The zero-order valence-corrected chi connectivity index (χ0v) is 16.5. The summed E-state index contributed by atoms with van der Waals surface area (Å²) in [7, 11) is 0. The van der Waals surface area contributed by atoms with Crippen LogP contribution in [0.4, 0.5) is 5.69 Å². The number of carbonyl (C=O) groups is 1. The summed E-state index contributed by atoms with van der Waals surface area (Å²) in [6.45, 7) is 3.94. The summed E-state index contributed by atoms with van der Waals surface area (Å²) in [5.41, 5.74) is 1.72. The van der Waals surface area contributed by atoms with E-state index in [-0.39, 0.29) is 23.4 Å². The van der Waals surface area contributed by atoms with Gasteiger partial charge in [0.05, 0.1) is 5.52 Å². The van der Waals surface area contributed by atoms with Crippen LogP contribution in [0.5, 0.6) is 5.88 Å². The predicted molar refractivity (Wildman–Crippen MR) is 117 cm³/mol. The van der Waals surface area contributed by atoms with E-state index in [1.165, 1.54) is 0 Å². The molecular formula is C24H19N3O3. The van der Waals surface area contributed by atoms with Gasteiger partial charge < -0.3 is 14.1 Å². The third kappa shape index (κ3) is 2.76. The molecule has 1 N–H and O–H groups in total. The summed E-state index contributed by atoms with van der Waals surface area (Å²) in [6.07, 6.45) is 0. The molecular weight excluding hydrogens is 378 g/mol. The highest BCUT2D eigenvalue weighted by molar-refractivity contribution is 6.08. The van der Waals surface area contributed by atoms with E-state index in [0.29, 0.717) is 5.58 Å². The second-order valence-corrected chi connectivity index (χ2v) is 7.47. The molecule has 6 heteroatoms. The Balaban J connectivity index is 1.56. The molecule has 0 aliphatic heterocycles. The van der Waals surface area contributed by atoms with Gasteiger partial charge in [-0.25, -0.2) is 0 Å². The number of aromatic nitrogens is 1. The number of hydrogen-bond donors (Lipinski definition) is 1. The Morgan fingerprint density at radius 2 is 1.70 bits per heavy atom. The van der Waals surface area contributed by atoms with Gasteiger partial charge in [-0.05, 0) is 42.8 Å². The van der Waals surface area contributed by atoms with Gasteiger partial charge in [-0.15, -0.1) is 10.2 Å². The van der Waals surface area contributed by atoms with Crippen molar-refractivity contribution in [2.45, 2.75) is 19.9 Å². The van der Waals surface area contributed by atoms with Crippen molar-refractivity contribution in [3.8, 4) is 5.88 Å². The number of para-hydroxylation sites is 1. The fraction of sp³-hybridized carbons (Fsp3) is 0.125. The zero-order chi connectivity index (χ0) is 20.8. The average molecular weight is 397 g/mol. The number of amides is 1. The van der Waals surface area contributed by atoms with Crippen molar-refractivity contribution in [2.24, 2.45) is 10.2 Å². The van der Waals surface area contributed by atoms with Gasteiger partial charge in [0.1, 0.15) is 5.58 Å². The Kier molecular flexibility index (Phi) is 4.13. The Hall–Kier alpha value is -3.93. The molecule has 3 aromatic carbocycles. The van der Waals surface area contributed by atoms with Crippen LogP contribution in [-0.2, 0) is 0 Å². The van der Waals surface area contributed by atoms with Gasteiger partial charge in [0, 0.05) is 16.8 Å². The first-order chi connectivity index (χ1) is 14.5. The quantitative estimate of drug-likeness (QED) is 0.342. The number of fused-ring (bicyclic) bond motifs is 4. The molecule has 5 aromatic rings. The van der Waals surface area contributed by atoms with Crippen molar-refractivity contribution in [1.82, 2.24) is 4.57 Å². The van der Waals surface area contributed by atoms with Crippen LogP contribution in [0.25, 0.3) is 32.6 Å². The lowest BCUT2D eigenvalue weighted by atomic mass is 10.1. The molecule has 2 heterocycles. The maximum atomic E-state index is 12.7. The number of aromatic hydroxyl groups is 1. The van der Waals surface area contributed by atoms with Gasteiger partial charge in [-0.1, -0.05) is 48.5 Å². The van der Waals surface area contributed by atoms with Crippen LogP contribution in [0.2, 0.25) is 0 Å². The summed E-state index contributed by atoms with van der Waals surface area (Å²) < 4.78 is 7.48. The van der Waals surface area contributed by atoms with Crippen molar-refractivity contribution in [3.05, 3.63) is 72.5 Å². The van der Waals surface area contributed by atoms with E-state index in [1.807, 2.05) is 74.5 Å². The van der Waals surface area contributed by atoms with Gasteiger partial charge in [-0.2, -0.15) is 0 Å². The van der Waals surface area contributed by atoms with Crippen molar-refractivity contribution in [3.63, 3.8) is 0 Å². The van der Waals surface area contributed by atoms with Crippen molar-refractivity contribution < 1.29 is 14.3 Å². The highest BCUT2D eigenvalue weighted by Gasteiger charge is 2.19. The molecule has 0 atom stereocenters. The molecule has 148 valence electrons. The number of azo groups is 1. The third-order valence-corrected chi connectivity index (χ3v) is 5.25. The topological polar surface area (TPSA) is 80.1 Å². The maximum Gasteiger partial charge on any atom is 0.331 e. The van der Waals surface area contributed by atoms with E-state index in [0.717, 1.165) is 27.1 Å². The molecule has 30 heavy (non-hydrogen) atoms. The van der Waals surface area contributed by atoms with E-state index in [2.05, 4.69) is 10.2 Å². The molecule has 0 saturated heterocycles. The Labute approximate surface area is 172 Å². The zero-order valence-electron chi connectivity index (χ0n) is 16.5. The minimum atomic E-state index is -0.601. The molecule has 1 amide bonds. The Bertz CT molecular complexity index is 1460. The first-order valence-corrected chi connectivity index (χ1v) is 9.74. The van der Waals surface area contributed by atoms with Crippen LogP contribution >= 0.6 is 0 Å². The second kappa shape index (κ2) is 6.84. The van der Waals surface area contributed by atoms with Crippen LogP contribution in [0, 0.1) is 0 Å². The standard InChI is InChI=1S/C24H19N3O3/c1-14(2)27-19-10-6-5-9-17(19)22(24(27)29)25-26-23(28)21-13-18-16-8-4-3-7-15(16)11-12-20(18)30-21/h3-14,29H,1-2H3. The van der Waals surface area contributed by atoms with Gasteiger partial charge in [-0.3, -0.25) is 4.79 Å². The first kappa shape index (κ1) is 18.1. The van der Waals surface area contributed by atoms with Gasteiger partial charge in [0.25, 0.3) is 0 Å². The first-order valence-electron chi connectivity index (χ1n) is 9.74. The van der Waals surface area contributed by atoms with Crippen LogP contribution in [-0.4, -0.2) is 15.6 Å². The average Bonchev–Trinajstić information content (AvgIpc) is 3.31. The van der Waals surface area contributed by atoms with Crippen LogP contribution < -0.4 is 0 Å². The fourth-order valence-corrected chi connectivity index (χ4v) is 3.90. The Morgan fingerprint density at radius 3 is 2.50 bits per heavy atom. The SMILES string of the molecule is CC(C)n1c(O)c(N=NC(=O)c2cc3c(ccc4ccccc43)o2)c2ccccc21. The number of benzene rings is 3. The van der Waals surface area contributed by atoms with Crippen molar-refractivity contribution in [1.29, 1.82) is 0 Å². The van der Waals surface area contributed by atoms with Crippen LogP contribution in [0.3, 0.4) is 0 Å². The van der Waals surface area contributed by atoms with Gasteiger partial charge >= 0.3 is 5.91 Å². The minimum Gasteiger partial charge on any atom is -0.493 e. The summed E-state index contributed by atoms with van der Waals surface area (Å²) in [5, 5.41) is 22.3. The normalized spacial score (nSPS) is 12.1. The largest absolute Gasteiger partial charge is 0.493 e. The molecule has 0 aliphatic carbocycles. The van der Waals surface area contributed by atoms with Crippen LogP contribution in [0.15, 0.2) is 81.4 Å². The lowest BCUT2D eigenvalue weighted by Gasteiger charge is -2.10. The van der Waals surface area contributed by atoms with Crippen molar-refractivity contribution in [2.75, 3.05) is 0 Å². The summed E-state index contributed by atoms with van der Waals surface area (Å²) in [4.78, 5) is 12.7. The number of rotatable bonds is 3. The van der Waals surface area contributed by atoms with E-state index < -0.39 is 5.91 Å². The number of furan rings is 1. The lowest BCUT2D eigenvalue weighted by Crippen LogP contribution is -1.98. The van der Waals surface area contributed by atoms with E-state index in [4.69, 9.17) is 4.42 Å². The third-order valence-electron chi connectivity index (χ3n) is 5.25. The molecule has 0 spiro atoms. The second-order valence-electron chi connectivity index (χ2n) is 7.47. The molecule has 0 unspecified atom stereocenters. The molecule has 6 nitrogen and oxygen atoms in total. The summed E-state index contributed by atoms with van der Waals surface area (Å²) >= 11 is 0.